The molecule has 1 heterocycles. The second kappa shape index (κ2) is 5.48. The minimum Gasteiger partial charge on any atom is -0.342 e. The molecule has 1 aromatic rings. The number of alkyl halides is 1. The largest absolute Gasteiger partial charge is 0.342 e. The summed E-state index contributed by atoms with van der Waals surface area (Å²) in [7, 11) is 0. The van der Waals surface area contributed by atoms with E-state index in [0.717, 1.165) is 25.9 Å². The van der Waals surface area contributed by atoms with Crippen molar-refractivity contribution in [3.05, 3.63) is 35.9 Å². The zero-order valence-electron chi connectivity index (χ0n) is 9.23. The van der Waals surface area contributed by atoms with E-state index in [-0.39, 0.29) is 5.91 Å². The lowest BCUT2D eigenvalue weighted by Gasteiger charge is -2.31. The fraction of sp³-hybridized carbons (Fsp3) is 0.462. The van der Waals surface area contributed by atoms with E-state index in [1.165, 1.54) is 5.56 Å². The van der Waals surface area contributed by atoms with Gasteiger partial charge in [0.05, 0.1) is 5.33 Å². The van der Waals surface area contributed by atoms with E-state index >= 15 is 0 Å². The van der Waals surface area contributed by atoms with Crippen molar-refractivity contribution in [3.63, 3.8) is 0 Å². The molecule has 0 N–H and O–H groups in total. The van der Waals surface area contributed by atoms with Crippen LogP contribution in [0.1, 0.15) is 24.3 Å². The van der Waals surface area contributed by atoms with Crippen LogP contribution < -0.4 is 0 Å². The van der Waals surface area contributed by atoms with Crippen molar-refractivity contribution in [2.45, 2.75) is 18.8 Å². The first-order valence-corrected chi connectivity index (χ1v) is 6.82. The number of hydrogen-bond acceptors (Lipinski definition) is 1. The molecule has 16 heavy (non-hydrogen) atoms. The summed E-state index contributed by atoms with van der Waals surface area (Å²) in [5.41, 5.74) is 1.41. The van der Waals surface area contributed by atoms with Gasteiger partial charge in [0.1, 0.15) is 0 Å². The Balaban J connectivity index is 1.93. The van der Waals surface area contributed by atoms with Gasteiger partial charge in [-0.15, -0.1) is 0 Å². The van der Waals surface area contributed by atoms with Crippen LogP contribution in [0.3, 0.4) is 0 Å². The Morgan fingerprint density at radius 3 is 2.44 bits per heavy atom. The summed E-state index contributed by atoms with van der Waals surface area (Å²) in [6.07, 6.45) is 2.17. The van der Waals surface area contributed by atoms with Gasteiger partial charge < -0.3 is 4.90 Å². The number of nitrogens with zero attached hydrogens (tertiary/aromatic N) is 1. The molecule has 0 aromatic heterocycles. The zero-order valence-corrected chi connectivity index (χ0v) is 10.8. The molecule has 0 radical (unpaired) electrons. The van der Waals surface area contributed by atoms with Crippen LogP contribution in [0.25, 0.3) is 0 Å². The van der Waals surface area contributed by atoms with Crippen LogP contribution in [0.2, 0.25) is 0 Å². The SMILES string of the molecule is O=C(CBr)N1CCC(c2ccccc2)CC1. The third kappa shape index (κ3) is 2.64. The second-order valence-corrected chi connectivity index (χ2v) is 4.76. The number of hydrogen-bond donors (Lipinski definition) is 0. The van der Waals surface area contributed by atoms with Crippen LogP contribution in [0.4, 0.5) is 0 Å². The molecule has 2 nitrogen and oxygen atoms in total. The average Bonchev–Trinajstić information content (AvgIpc) is 2.39. The topological polar surface area (TPSA) is 20.3 Å². The molecule has 1 fully saturated rings. The van der Waals surface area contributed by atoms with Gasteiger partial charge >= 0.3 is 0 Å². The first-order valence-electron chi connectivity index (χ1n) is 5.70. The van der Waals surface area contributed by atoms with Crippen molar-refractivity contribution in [1.82, 2.24) is 4.90 Å². The Kier molecular flexibility index (Phi) is 3.99. The summed E-state index contributed by atoms with van der Waals surface area (Å²) in [5, 5.41) is 0.447. The van der Waals surface area contributed by atoms with Gasteiger partial charge in [0, 0.05) is 13.1 Å². The molecule has 1 aliphatic heterocycles. The molecule has 0 aliphatic carbocycles. The molecule has 1 saturated heterocycles. The van der Waals surface area contributed by atoms with Crippen LogP contribution in [-0.2, 0) is 4.79 Å². The van der Waals surface area contributed by atoms with E-state index in [9.17, 15) is 4.79 Å². The molecule has 0 unspecified atom stereocenters. The van der Waals surface area contributed by atoms with Crippen LogP contribution >= 0.6 is 15.9 Å². The standard InChI is InChI=1S/C13H16BrNO/c14-10-13(16)15-8-6-12(7-9-15)11-4-2-1-3-5-11/h1-5,12H,6-10H2. The highest BCUT2D eigenvalue weighted by molar-refractivity contribution is 9.09. The Morgan fingerprint density at radius 1 is 1.25 bits per heavy atom. The van der Waals surface area contributed by atoms with Crippen LogP contribution in [-0.4, -0.2) is 29.2 Å². The normalized spacial score (nSPS) is 17.4. The fourth-order valence-corrected chi connectivity index (χ4v) is 2.63. The van der Waals surface area contributed by atoms with Gasteiger partial charge in [-0.05, 0) is 24.3 Å². The number of carbonyl (C=O) groups is 1. The Morgan fingerprint density at radius 2 is 1.88 bits per heavy atom. The van der Waals surface area contributed by atoms with E-state index in [1.54, 1.807) is 0 Å². The lowest BCUT2D eigenvalue weighted by molar-refractivity contribution is -0.129. The van der Waals surface area contributed by atoms with E-state index in [1.807, 2.05) is 11.0 Å². The molecule has 1 aliphatic rings. The van der Waals surface area contributed by atoms with Gasteiger partial charge in [-0.2, -0.15) is 0 Å². The third-order valence-corrected chi connectivity index (χ3v) is 3.71. The number of benzene rings is 1. The fourth-order valence-electron chi connectivity index (χ4n) is 2.27. The molecule has 86 valence electrons. The van der Waals surface area contributed by atoms with Crippen molar-refractivity contribution in [3.8, 4) is 0 Å². The maximum absolute atomic E-state index is 11.5. The number of amides is 1. The van der Waals surface area contributed by atoms with Crippen molar-refractivity contribution in [2.75, 3.05) is 18.4 Å². The van der Waals surface area contributed by atoms with Crippen molar-refractivity contribution >= 4 is 21.8 Å². The Hall–Kier alpha value is -0.830. The van der Waals surface area contributed by atoms with Gasteiger partial charge in [0.2, 0.25) is 5.91 Å². The third-order valence-electron chi connectivity index (χ3n) is 3.23. The first-order chi connectivity index (χ1) is 7.81. The summed E-state index contributed by atoms with van der Waals surface area (Å²) in [4.78, 5) is 13.4. The maximum Gasteiger partial charge on any atom is 0.233 e. The number of likely N-dealkylation sites (tertiary alicyclic amines) is 1. The summed E-state index contributed by atoms with van der Waals surface area (Å²) in [5.74, 6) is 0.840. The molecule has 0 atom stereocenters. The maximum atomic E-state index is 11.5. The molecule has 1 amide bonds. The summed E-state index contributed by atoms with van der Waals surface area (Å²) in [6.45, 7) is 1.79. The second-order valence-electron chi connectivity index (χ2n) is 4.20. The van der Waals surface area contributed by atoms with Gasteiger partial charge in [0.25, 0.3) is 0 Å². The van der Waals surface area contributed by atoms with Crippen molar-refractivity contribution in [2.24, 2.45) is 0 Å². The summed E-state index contributed by atoms with van der Waals surface area (Å²) >= 11 is 3.22. The monoisotopic (exact) mass is 281 g/mol. The minimum absolute atomic E-state index is 0.214. The van der Waals surface area contributed by atoms with Gasteiger partial charge in [-0.25, -0.2) is 0 Å². The zero-order chi connectivity index (χ0) is 11.4. The number of piperidine rings is 1. The lowest BCUT2D eigenvalue weighted by Crippen LogP contribution is -2.38. The van der Waals surface area contributed by atoms with Crippen LogP contribution in [0.5, 0.6) is 0 Å². The highest BCUT2D eigenvalue weighted by Crippen LogP contribution is 2.27. The Labute approximate surface area is 105 Å². The van der Waals surface area contributed by atoms with Gasteiger partial charge in [-0.3, -0.25) is 4.79 Å². The quantitative estimate of drug-likeness (QED) is 0.764. The molecular weight excluding hydrogens is 266 g/mol. The highest BCUT2D eigenvalue weighted by Gasteiger charge is 2.22. The van der Waals surface area contributed by atoms with E-state index < -0.39 is 0 Å². The van der Waals surface area contributed by atoms with Gasteiger partial charge in [0.15, 0.2) is 0 Å². The molecule has 3 heteroatoms. The molecule has 2 rings (SSSR count). The smallest absolute Gasteiger partial charge is 0.233 e. The number of carbonyl (C=O) groups excluding carboxylic acids is 1. The molecule has 0 spiro atoms. The van der Waals surface area contributed by atoms with Gasteiger partial charge in [-0.1, -0.05) is 46.3 Å². The number of rotatable bonds is 2. The van der Waals surface area contributed by atoms with Crippen LogP contribution in [0.15, 0.2) is 30.3 Å². The summed E-state index contributed by atoms with van der Waals surface area (Å²) < 4.78 is 0. The lowest BCUT2D eigenvalue weighted by atomic mass is 9.89. The van der Waals surface area contributed by atoms with Crippen LogP contribution in [0, 0.1) is 0 Å². The Bertz CT molecular complexity index is 344. The van der Waals surface area contributed by atoms with E-state index in [4.69, 9.17) is 0 Å². The van der Waals surface area contributed by atoms with Crippen molar-refractivity contribution < 1.29 is 4.79 Å². The highest BCUT2D eigenvalue weighted by atomic mass is 79.9. The van der Waals surface area contributed by atoms with E-state index in [2.05, 4.69) is 40.2 Å². The van der Waals surface area contributed by atoms with Crippen molar-refractivity contribution in [1.29, 1.82) is 0 Å². The molecular formula is C13H16BrNO. The predicted octanol–water partition coefficient (Wildman–Crippen LogP) is 2.79. The average molecular weight is 282 g/mol. The minimum atomic E-state index is 0.214. The summed E-state index contributed by atoms with van der Waals surface area (Å²) in [6, 6.07) is 10.6. The molecule has 0 bridgehead atoms. The van der Waals surface area contributed by atoms with E-state index in [0.29, 0.717) is 11.2 Å². The molecule has 1 aromatic carbocycles. The predicted molar refractivity (Wildman–Crippen MR) is 68.8 cm³/mol. The number of halogens is 1. The molecule has 0 saturated carbocycles. The first kappa shape index (κ1) is 11.6.